The highest BCUT2D eigenvalue weighted by Crippen LogP contribution is 2.45. The predicted molar refractivity (Wildman–Crippen MR) is 116 cm³/mol. The van der Waals surface area contributed by atoms with Gasteiger partial charge in [0.2, 0.25) is 0 Å². The zero-order valence-corrected chi connectivity index (χ0v) is 19.2. The molecule has 0 amide bonds. The van der Waals surface area contributed by atoms with Gasteiger partial charge in [-0.25, -0.2) is 9.59 Å². The Bertz CT molecular complexity index is 1010. The maximum Gasteiger partial charge on any atom is 0.336 e. The Morgan fingerprint density at radius 2 is 1.67 bits per heavy atom. The number of carbonyl (C=O) groups excluding carboxylic acids is 2. The van der Waals surface area contributed by atoms with Gasteiger partial charge < -0.3 is 14.8 Å². The molecule has 0 saturated heterocycles. The summed E-state index contributed by atoms with van der Waals surface area (Å²) in [6.07, 6.45) is 1.58. The van der Waals surface area contributed by atoms with Gasteiger partial charge in [-0.05, 0) is 33.8 Å². The zero-order valence-electron chi connectivity index (χ0n) is 16.9. The van der Waals surface area contributed by atoms with Crippen molar-refractivity contribution in [2.24, 2.45) is 0 Å². The number of H-pyrrole nitrogens is 1. The van der Waals surface area contributed by atoms with Crippen LogP contribution in [0.3, 0.4) is 0 Å². The fraction of sp³-hybridized carbons (Fsp3) is 0.350. The number of hydrogen-bond acceptors (Lipinski definition) is 7. The van der Waals surface area contributed by atoms with E-state index < -0.39 is 17.9 Å². The van der Waals surface area contributed by atoms with E-state index in [1.807, 2.05) is 0 Å². The molecule has 10 heteroatoms. The van der Waals surface area contributed by atoms with Gasteiger partial charge in [0.1, 0.15) is 4.34 Å². The monoisotopic (exact) mass is 469 g/mol. The summed E-state index contributed by atoms with van der Waals surface area (Å²) < 4.78 is 11.6. The minimum Gasteiger partial charge on any atom is -0.463 e. The molecule has 2 aromatic rings. The Hall–Kier alpha value is -2.29. The number of halogens is 2. The van der Waals surface area contributed by atoms with Crippen LogP contribution < -0.4 is 5.32 Å². The summed E-state index contributed by atoms with van der Waals surface area (Å²) in [6, 6.07) is 1.72. The van der Waals surface area contributed by atoms with Crippen molar-refractivity contribution in [1.29, 1.82) is 0 Å². The van der Waals surface area contributed by atoms with Gasteiger partial charge in [-0.3, -0.25) is 5.10 Å². The quantitative estimate of drug-likeness (QED) is 0.589. The van der Waals surface area contributed by atoms with Crippen LogP contribution in [0.25, 0.3) is 11.3 Å². The number of ether oxygens (including phenoxy) is 2. The molecule has 0 bridgehead atoms. The summed E-state index contributed by atoms with van der Waals surface area (Å²) in [5.41, 5.74) is 3.60. The van der Waals surface area contributed by atoms with E-state index in [1.165, 1.54) is 11.3 Å². The molecule has 0 radical (unpaired) electrons. The second-order valence-corrected chi connectivity index (χ2v) is 8.80. The lowest BCUT2D eigenvalue weighted by Gasteiger charge is -2.30. The van der Waals surface area contributed by atoms with Crippen LogP contribution in [0.1, 0.15) is 39.2 Å². The average molecular weight is 470 g/mol. The Labute approximate surface area is 188 Å². The van der Waals surface area contributed by atoms with Crippen LogP contribution >= 0.6 is 34.5 Å². The smallest absolute Gasteiger partial charge is 0.336 e. The first kappa shape index (κ1) is 22.4. The number of dihydropyridines is 1. The Morgan fingerprint density at radius 1 is 1.10 bits per heavy atom. The largest absolute Gasteiger partial charge is 0.463 e. The minimum absolute atomic E-state index is 0.198. The molecule has 2 aromatic heterocycles. The third-order valence-electron chi connectivity index (χ3n) is 4.66. The van der Waals surface area contributed by atoms with Gasteiger partial charge in [0.15, 0.2) is 0 Å². The highest BCUT2D eigenvalue weighted by molar-refractivity contribution is 7.20. The number of hydrogen-bond donors (Lipinski definition) is 2. The maximum absolute atomic E-state index is 12.9. The molecule has 0 aromatic carbocycles. The minimum atomic E-state index is -0.757. The van der Waals surface area contributed by atoms with E-state index in [9.17, 15) is 9.59 Å². The van der Waals surface area contributed by atoms with Gasteiger partial charge in [-0.15, -0.1) is 11.3 Å². The van der Waals surface area contributed by atoms with Crippen molar-refractivity contribution in [3.8, 4) is 11.3 Å². The Morgan fingerprint density at radius 3 is 2.13 bits per heavy atom. The molecule has 0 spiro atoms. The third kappa shape index (κ3) is 4.12. The molecule has 160 valence electrons. The van der Waals surface area contributed by atoms with Crippen LogP contribution in [-0.4, -0.2) is 35.3 Å². The number of aromatic nitrogens is 2. The molecule has 30 heavy (non-hydrogen) atoms. The van der Waals surface area contributed by atoms with Crippen molar-refractivity contribution < 1.29 is 19.1 Å². The van der Waals surface area contributed by atoms with Gasteiger partial charge in [0.05, 0.1) is 46.5 Å². The van der Waals surface area contributed by atoms with Gasteiger partial charge in [0.25, 0.3) is 0 Å². The van der Waals surface area contributed by atoms with Crippen LogP contribution in [0.5, 0.6) is 0 Å². The number of rotatable bonds is 6. The molecule has 0 atom stereocenters. The molecular formula is C20H21Cl2N3O4S. The van der Waals surface area contributed by atoms with E-state index in [1.54, 1.807) is 40.0 Å². The third-order valence-corrected chi connectivity index (χ3v) is 6.14. The summed E-state index contributed by atoms with van der Waals surface area (Å²) in [5.74, 6) is -1.81. The van der Waals surface area contributed by atoms with Crippen LogP contribution in [0, 0.1) is 0 Å². The zero-order chi connectivity index (χ0) is 22.0. The summed E-state index contributed by atoms with van der Waals surface area (Å²) in [5, 5.41) is 10.2. The molecule has 7 nitrogen and oxygen atoms in total. The van der Waals surface area contributed by atoms with Gasteiger partial charge in [0, 0.05) is 22.5 Å². The van der Waals surface area contributed by atoms with Crippen molar-refractivity contribution >= 4 is 46.5 Å². The number of thiophene rings is 1. The molecule has 0 aliphatic carbocycles. The number of nitrogens with zero attached hydrogens (tertiary/aromatic N) is 1. The van der Waals surface area contributed by atoms with E-state index in [4.69, 9.17) is 32.7 Å². The fourth-order valence-electron chi connectivity index (χ4n) is 3.50. The van der Waals surface area contributed by atoms with Crippen LogP contribution in [0.15, 0.2) is 34.8 Å². The number of carbonyl (C=O) groups is 2. The lowest BCUT2D eigenvalue weighted by atomic mass is 9.80. The van der Waals surface area contributed by atoms with Crippen molar-refractivity contribution in [3.05, 3.63) is 49.0 Å². The molecule has 2 N–H and O–H groups in total. The van der Waals surface area contributed by atoms with Crippen molar-refractivity contribution in [2.45, 2.75) is 33.6 Å². The number of nitrogens with one attached hydrogen (secondary N) is 2. The number of allylic oxidation sites excluding steroid dienone is 2. The molecule has 1 aliphatic heterocycles. The van der Waals surface area contributed by atoms with Crippen LogP contribution in [0.4, 0.5) is 0 Å². The van der Waals surface area contributed by atoms with Gasteiger partial charge in [-0.2, -0.15) is 5.10 Å². The number of aromatic amines is 1. The van der Waals surface area contributed by atoms with E-state index in [2.05, 4.69) is 15.5 Å². The standard InChI is InChI=1S/C20H21Cl2N3O4S/c1-5-28-19(26)14-9(3)24-10(4)15(20(27)29-6-2)16(14)12-8-23-25-17(12)11-7-13(21)30-18(11)22/h7-8,16,24H,5-6H2,1-4H3,(H,23,25). The normalized spacial score (nSPS) is 14.7. The SMILES string of the molecule is CCOC(=O)C1=C(C)NC(C)=C(C(=O)OCC)C1c1cn[nH]c1-c1cc(Cl)sc1Cl. The second kappa shape index (κ2) is 9.24. The topological polar surface area (TPSA) is 93.3 Å². The van der Waals surface area contributed by atoms with Crippen molar-refractivity contribution in [1.82, 2.24) is 15.5 Å². The summed E-state index contributed by atoms with van der Waals surface area (Å²) in [7, 11) is 0. The van der Waals surface area contributed by atoms with E-state index in [0.717, 1.165) is 0 Å². The molecule has 0 saturated carbocycles. The summed E-state index contributed by atoms with van der Waals surface area (Å²) in [4.78, 5) is 25.8. The molecule has 0 fully saturated rings. The van der Waals surface area contributed by atoms with E-state index in [-0.39, 0.29) is 13.2 Å². The molecule has 3 heterocycles. The fourth-order valence-corrected chi connectivity index (χ4v) is 4.98. The Kier molecular flexibility index (Phi) is 6.90. The van der Waals surface area contributed by atoms with Crippen molar-refractivity contribution in [3.63, 3.8) is 0 Å². The molecule has 0 unspecified atom stereocenters. The predicted octanol–water partition coefficient (Wildman–Crippen LogP) is 4.81. The first-order valence-electron chi connectivity index (χ1n) is 9.31. The van der Waals surface area contributed by atoms with Gasteiger partial charge in [-0.1, -0.05) is 23.2 Å². The van der Waals surface area contributed by atoms with Gasteiger partial charge >= 0.3 is 11.9 Å². The second-order valence-electron chi connectivity index (χ2n) is 6.51. The molecule has 1 aliphatic rings. The van der Waals surface area contributed by atoms with Crippen LogP contribution in [-0.2, 0) is 19.1 Å². The maximum atomic E-state index is 12.9. The average Bonchev–Trinajstić information content (AvgIpc) is 3.26. The van der Waals surface area contributed by atoms with Crippen molar-refractivity contribution in [2.75, 3.05) is 13.2 Å². The highest BCUT2D eigenvalue weighted by Gasteiger charge is 2.40. The Balaban J connectivity index is 2.24. The summed E-state index contributed by atoms with van der Waals surface area (Å²) in [6.45, 7) is 7.37. The summed E-state index contributed by atoms with van der Waals surface area (Å²) >= 11 is 13.7. The lowest BCUT2D eigenvalue weighted by Crippen LogP contribution is -2.32. The first-order chi connectivity index (χ1) is 14.3. The molecule has 3 rings (SSSR count). The molecular weight excluding hydrogens is 449 g/mol. The van der Waals surface area contributed by atoms with Crippen LogP contribution in [0.2, 0.25) is 8.67 Å². The first-order valence-corrected chi connectivity index (χ1v) is 10.9. The van der Waals surface area contributed by atoms with E-state index >= 15 is 0 Å². The lowest BCUT2D eigenvalue weighted by molar-refractivity contribution is -0.139. The number of esters is 2. The van der Waals surface area contributed by atoms with E-state index in [0.29, 0.717) is 48.0 Å². The highest BCUT2D eigenvalue weighted by atomic mass is 35.5.